The Morgan fingerprint density at radius 2 is 1.67 bits per heavy atom. The van der Waals surface area contributed by atoms with Crippen molar-refractivity contribution in [3.05, 3.63) is 71.5 Å². The van der Waals surface area contributed by atoms with E-state index in [2.05, 4.69) is 5.32 Å². The quantitative estimate of drug-likeness (QED) is 0.888. The van der Waals surface area contributed by atoms with Crippen molar-refractivity contribution in [3.8, 4) is 0 Å². The minimum absolute atomic E-state index is 0.121. The van der Waals surface area contributed by atoms with Gasteiger partial charge in [0.2, 0.25) is 0 Å². The lowest BCUT2D eigenvalue weighted by atomic mass is 10.1. The van der Waals surface area contributed by atoms with E-state index in [9.17, 15) is 19.1 Å². The van der Waals surface area contributed by atoms with Crippen molar-refractivity contribution in [1.82, 2.24) is 5.32 Å². The summed E-state index contributed by atoms with van der Waals surface area (Å²) in [6, 6.07) is 12.6. The summed E-state index contributed by atoms with van der Waals surface area (Å²) in [7, 11) is 0. The molecule has 0 unspecified atom stereocenters. The van der Waals surface area contributed by atoms with Gasteiger partial charge in [0, 0.05) is 5.56 Å². The average Bonchev–Trinajstić information content (AvgIpc) is 2.48. The molecule has 2 aromatic rings. The first kappa shape index (κ1) is 14.7. The molecule has 0 fully saturated rings. The zero-order chi connectivity index (χ0) is 15.2. The number of aliphatic carboxylic acids is 1. The van der Waals surface area contributed by atoms with Crippen LogP contribution in [0.15, 0.2) is 54.6 Å². The monoisotopic (exact) mass is 286 g/mol. The predicted molar refractivity (Wildman–Crippen MR) is 72.8 cm³/mol. The van der Waals surface area contributed by atoms with Crippen molar-refractivity contribution in [2.75, 3.05) is 0 Å². The molecule has 4 nitrogen and oxygen atoms in total. The third-order valence-corrected chi connectivity index (χ3v) is 2.98. The van der Waals surface area contributed by atoms with Crippen molar-refractivity contribution in [2.45, 2.75) is 12.5 Å². The first-order chi connectivity index (χ1) is 10.1. The number of carbonyl (C=O) groups excluding carboxylic acids is 2. The predicted octanol–water partition coefficient (Wildman–Crippen LogP) is 0.917. The molecule has 0 aliphatic rings. The van der Waals surface area contributed by atoms with Gasteiger partial charge in [-0.05, 0) is 36.2 Å². The third-order valence-electron chi connectivity index (χ3n) is 2.98. The summed E-state index contributed by atoms with van der Waals surface area (Å²) in [6.07, 6.45) is 0.121. The summed E-state index contributed by atoms with van der Waals surface area (Å²) < 4.78 is 12.8. The van der Waals surface area contributed by atoms with Crippen LogP contribution in [0.25, 0.3) is 0 Å². The summed E-state index contributed by atoms with van der Waals surface area (Å²) in [5.41, 5.74) is 0.960. The summed E-state index contributed by atoms with van der Waals surface area (Å²) >= 11 is 0. The Morgan fingerprint density at radius 1 is 1.05 bits per heavy atom. The number of carboxylic acid groups (broad SMARTS) is 1. The third kappa shape index (κ3) is 4.14. The molecule has 21 heavy (non-hydrogen) atoms. The van der Waals surface area contributed by atoms with Gasteiger partial charge in [0.15, 0.2) is 0 Å². The zero-order valence-corrected chi connectivity index (χ0v) is 11.1. The average molecular weight is 286 g/mol. The van der Waals surface area contributed by atoms with Gasteiger partial charge in [0.25, 0.3) is 5.91 Å². The van der Waals surface area contributed by atoms with E-state index < -0.39 is 23.7 Å². The van der Waals surface area contributed by atoms with Crippen molar-refractivity contribution in [3.63, 3.8) is 0 Å². The highest BCUT2D eigenvalue weighted by atomic mass is 19.1. The van der Waals surface area contributed by atoms with Crippen LogP contribution < -0.4 is 10.4 Å². The molecule has 2 rings (SSSR count). The fourth-order valence-corrected chi connectivity index (χ4v) is 1.89. The number of carboxylic acids is 1. The maximum absolute atomic E-state index is 12.8. The smallest absolute Gasteiger partial charge is 0.251 e. The normalized spacial score (nSPS) is 11.7. The molecule has 0 spiro atoms. The highest BCUT2D eigenvalue weighted by Gasteiger charge is 2.15. The van der Waals surface area contributed by atoms with E-state index >= 15 is 0 Å². The van der Waals surface area contributed by atoms with Crippen molar-refractivity contribution in [1.29, 1.82) is 0 Å². The van der Waals surface area contributed by atoms with E-state index in [-0.39, 0.29) is 12.0 Å². The number of nitrogens with one attached hydrogen (secondary N) is 1. The minimum atomic E-state index is -1.37. The molecular formula is C16H13FNO3-. The molecule has 0 saturated carbocycles. The first-order valence-corrected chi connectivity index (χ1v) is 6.37. The van der Waals surface area contributed by atoms with E-state index in [0.29, 0.717) is 0 Å². The van der Waals surface area contributed by atoms with Gasteiger partial charge in [-0.2, -0.15) is 0 Å². The molecule has 0 aliphatic carbocycles. The fraction of sp³-hybridized carbons (Fsp3) is 0.125. The largest absolute Gasteiger partial charge is 0.548 e. The Balaban J connectivity index is 2.07. The van der Waals surface area contributed by atoms with Gasteiger partial charge in [-0.1, -0.05) is 30.3 Å². The molecule has 0 bridgehead atoms. The molecule has 0 aliphatic heterocycles. The van der Waals surface area contributed by atoms with Crippen LogP contribution in [-0.4, -0.2) is 17.9 Å². The van der Waals surface area contributed by atoms with Crippen LogP contribution in [0.4, 0.5) is 4.39 Å². The second-order valence-corrected chi connectivity index (χ2v) is 4.54. The lowest BCUT2D eigenvalue weighted by Crippen LogP contribution is -2.49. The van der Waals surface area contributed by atoms with Crippen LogP contribution in [0, 0.1) is 5.82 Å². The molecule has 1 amide bonds. The molecule has 108 valence electrons. The van der Waals surface area contributed by atoms with Crippen LogP contribution in [-0.2, 0) is 11.2 Å². The molecule has 1 atom stereocenters. The Kier molecular flexibility index (Phi) is 4.66. The molecule has 0 heterocycles. The fourth-order valence-electron chi connectivity index (χ4n) is 1.89. The number of rotatable bonds is 5. The highest BCUT2D eigenvalue weighted by Crippen LogP contribution is 2.06. The lowest BCUT2D eigenvalue weighted by Gasteiger charge is -2.20. The maximum atomic E-state index is 12.8. The summed E-state index contributed by atoms with van der Waals surface area (Å²) in [5.74, 6) is -2.42. The zero-order valence-electron chi connectivity index (χ0n) is 11.1. The second-order valence-electron chi connectivity index (χ2n) is 4.54. The van der Waals surface area contributed by atoms with E-state index in [0.717, 1.165) is 17.7 Å². The molecule has 0 radical (unpaired) electrons. The standard InChI is InChI=1S/C16H14FNO3/c17-13-8-6-12(7-9-13)15(19)18-14(16(20)21)10-11-4-2-1-3-5-11/h1-9,14H,10H2,(H,18,19)(H,20,21)/p-1/t14-/m1/s1. The van der Waals surface area contributed by atoms with Crippen LogP contribution in [0.3, 0.4) is 0 Å². The number of hydrogen-bond acceptors (Lipinski definition) is 3. The number of amides is 1. The van der Waals surface area contributed by atoms with E-state index in [1.165, 1.54) is 12.1 Å². The molecule has 2 aromatic carbocycles. The van der Waals surface area contributed by atoms with Crippen molar-refractivity contribution < 1.29 is 19.1 Å². The highest BCUT2D eigenvalue weighted by molar-refractivity contribution is 5.96. The Labute approximate surface area is 121 Å². The second kappa shape index (κ2) is 6.65. The Bertz CT molecular complexity index is 626. The summed E-state index contributed by atoms with van der Waals surface area (Å²) in [4.78, 5) is 23.1. The van der Waals surface area contributed by atoms with Gasteiger partial charge in [-0.15, -0.1) is 0 Å². The van der Waals surface area contributed by atoms with E-state index in [4.69, 9.17) is 0 Å². The molecule has 0 aromatic heterocycles. The van der Waals surface area contributed by atoms with Gasteiger partial charge in [-0.25, -0.2) is 4.39 Å². The van der Waals surface area contributed by atoms with Crippen LogP contribution in [0.1, 0.15) is 15.9 Å². The first-order valence-electron chi connectivity index (χ1n) is 6.37. The van der Waals surface area contributed by atoms with Crippen molar-refractivity contribution >= 4 is 11.9 Å². The molecule has 1 N–H and O–H groups in total. The Morgan fingerprint density at radius 3 is 2.24 bits per heavy atom. The minimum Gasteiger partial charge on any atom is -0.548 e. The van der Waals surface area contributed by atoms with Crippen molar-refractivity contribution in [2.24, 2.45) is 0 Å². The SMILES string of the molecule is O=C(N[C@H](Cc1ccccc1)C(=O)[O-])c1ccc(F)cc1. The van der Waals surface area contributed by atoms with Gasteiger partial charge >= 0.3 is 0 Å². The molecule has 0 saturated heterocycles. The van der Waals surface area contributed by atoms with Gasteiger partial charge in [0.1, 0.15) is 5.82 Å². The topological polar surface area (TPSA) is 69.2 Å². The van der Waals surface area contributed by atoms with E-state index in [1.54, 1.807) is 24.3 Å². The summed E-state index contributed by atoms with van der Waals surface area (Å²) in [6.45, 7) is 0. The number of hydrogen-bond donors (Lipinski definition) is 1. The summed E-state index contributed by atoms with van der Waals surface area (Å²) in [5, 5.41) is 13.5. The van der Waals surface area contributed by atoms with Crippen LogP contribution in [0.2, 0.25) is 0 Å². The number of carbonyl (C=O) groups is 2. The van der Waals surface area contributed by atoms with E-state index in [1.807, 2.05) is 6.07 Å². The van der Waals surface area contributed by atoms with Crippen LogP contribution >= 0.6 is 0 Å². The van der Waals surface area contributed by atoms with Gasteiger partial charge in [-0.3, -0.25) is 4.79 Å². The maximum Gasteiger partial charge on any atom is 0.251 e. The lowest BCUT2D eigenvalue weighted by molar-refractivity contribution is -0.308. The van der Waals surface area contributed by atoms with Crippen LogP contribution in [0.5, 0.6) is 0 Å². The van der Waals surface area contributed by atoms with Gasteiger partial charge in [0.05, 0.1) is 12.0 Å². The number of halogens is 1. The molecule has 5 heteroatoms. The molecular weight excluding hydrogens is 273 g/mol. The number of benzene rings is 2. The van der Waals surface area contributed by atoms with Gasteiger partial charge < -0.3 is 15.2 Å². The Hall–Kier alpha value is -2.69.